The molecular formula is C22H26O8. The number of fused-ring (bicyclic) bond motifs is 1. The van der Waals surface area contributed by atoms with Crippen molar-refractivity contribution in [2.75, 3.05) is 20.8 Å². The van der Waals surface area contributed by atoms with Gasteiger partial charge in [0.05, 0.1) is 32.8 Å². The van der Waals surface area contributed by atoms with Crippen molar-refractivity contribution in [3.63, 3.8) is 0 Å². The SMILES string of the molecule is COc1ccc(C2C(O)[C@@]3(O)C(c4ccc(OC)cc4)[C@@](O)([C@H](O)CO)[C@@]23O)cc1. The molecule has 0 heterocycles. The van der Waals surface area contributed by atoms with E-state index in [1.807, 2.05) is 0 Å². The Kier molecular flexibility index (Phi) is 4.85. The maximum absolute atomic E-state index is 11.5. The van der Waals surface area contributed by atoms with Gasteiger partial charge in [0.1, 0.15) is 34.4 Å². The highest BCUT2D eigenvalue weighted by Crippen LogP contribution is 2.75. The molecule has 0 radical (unpaired) electrons. The Morgan fingerprint density at radius 1 is 0.867 bits per heavy atom. The van der Waals surface area contributed by atoms with Gasteiger partial charge in [-0.2, -0.15) is 0 Å². The van der Waals surface area contributed by atoms with Crippen LogP contribution in [0.3, 0.4) is 0 Å². The van der Waals surface area contributed by atoms with Gasteiger partial charge in [-0.1, -0.05) is 24.3 Å². The molecule has 0 aliphatic heterocycles. The summed E-state index contributed by atoms with van der Waals surface area (Å²) in [7, 11) is 2.99. The second-order valence-electron chi connectivity index (χ2n) is 8.02. The molecule has 8 nitrogen and oxygen atoms in total. The van der Waals surface area contributed by atoms with Crippen LogP contribution < -0.4 is 9.47 Å². The minimum atomic E-state index is -2.31. The van der Waals surface area contributed by atoms with Gasteiger partial charge in [0, 0.05) is 5.92 Å². The molecule has 2 aliphatic carbocycles. The molecule has 0 amide bonds. The summed E-state index contributed by atoms with van der Waals surface area (Å²) in [6.07, 6.45) is -3.18. The monoisotopic (exact) mass is 418 g/mol. The molecule has 2 fully saturated rings. The summed E-state index contributed by atoms with van der Waals surface area (Å²) in [5.41, 5.74) is -5.90. The predicted molar refractivity (Wildman–Crippen MR) is 105 cm³/mol. The molecule has 7 atom stereocenters. The highest BCUT2D eigenvalue weighted by Gasteiger charge is 2.93. The van der Waals surface area contributed by atoms with E-state index in [2.05, 4.69) is 0 Å². The van der Waals surface area contributed by atoms with Crippen molar-refractivity contribution in [1.29, 1.82) is 0 Å². The summed E-state index contributed by atoms with van der Waals surface area (Å²) < 4.78 is 10.2. The smallest absolute Gasteiger partial charge is 0.138 e. The maximum atomic E-state index is 11.5. The fourth-order valence-electron chi connectivity index (χ4n) is 5.42. The Morgan fingerprint density at radius 2 is 1.33 bits per heavy atom. The number of hydrogen-bond donors (Lipinski definition) is 6. The zero-order chi connectivity index (χ0) is 21.9. The fraction of sp³-hybridized carbons (Fsp3) is 0.455. The number of hydrogen-bond acceptors (Lipinski definition) is 8. The van der Waals surface area contributed by atoms with E-state index in [4.69, 9.17) is 9.47 Å². The third-order valence-electron chi connectivity index (χ3n) is 6.92. The van der Waals surface area contributed by atoms with Gasteiger partial charge < -0.3 is 40.1 Å². The zero-order valence-corrected chi connectivity index (χ0v) is 16.6. The average Bonchev–Trinajstić information content (AvgIpc) is 2.78. The summed E-state index contributed by atoms with van der Waals surface area (Å²) in [6, 6.07) is 12.8. The Balaban J connectivity index is 1.80. The molecule has 2 aromatic rings. The lowest BCUT2D eigenvalue weighted by molar-refractivity contribution is -0.459. The van der Waals surface area contributed by atoms with Crippen LogP contribution in [0.15, 0.2) is 48.5 Å². The second kappa shape index (κ2) is 6.91. The zero-order valence-electron chi connectivity index (χ0n) is 16.6. The van der Waals surface area contributed by atoms with Crippen LogP contribution in [-0.2, 0) is 0 Å². The van der Waals surface area contributed by atoms with E-state index in [1.54, 1.807) is 48.5 Å². The predicted octanol–water partition coefficient (Wildman–Crippen LogP) is -0.494. The number of benzene rings is 2. The first-order chi connectivity index (χ1) is 14.2. The molecule has 0 bridgehead atoms. The highest BCUT2D eigenvalue weighted by molar-refractivity contribution is 5.56. The number of ether oxygens (including phenoxy) is 2. The molecule has 2 aromatic carbocycles. The van der Waals surface area contributed by atoms with Crippen LogP contribution in [0, 0.1) is 0 Å². The van der Waals surface area contributed by atoms with Crippen LogP contribution in [0.2, 0.25) is 0 Å². The van der Waals surface area contributed by atoms with Crippen molar-refractivity contribution in [1.82, 2.24) is 0 Å². The molecule has 2 saturated carbocycles. The van der Waals surface area contributed by atoms with E-state index < -0.39 is 47.5 Å². The van der Waals surface area contributed by atoms with E-state index in [9.17, 15) is 30.6 Å². The van der Waals surface area contributed by atoms with Gasteiger partial charge in [0.25, 0.3) is 0 Å². The lowest BCUT2D eigenvalue weighted by atomic mass is 9.30. The lowest BCUT2D eigenvalue weighted by Crippen LogP contribution is -2.99. The maximum Gasteiger partial charge on any atom is 0.138 e. The molecule has 162 valence electrons. The van der Waals surface area contributed by atoms with Gasteiger partial charge in [-0.25, -0.2) is 0 Å². The van der Waals surface area contributed by atoms with Crippen LogP contribution in [0.1, 0.15) is 23.0 Å². The first-order valence-electron chi connectivity index (χ1n) is 9.63. The average molecular weight is 418 g/mol. The second-order valence-corrected chi connectivity index (χ2v) is 8.02. The molecular weight excluding hydrogens is 392 g/mol. The standard InChI is InChI=1S/C22H26O8/c1-29-14-7-3-12(4-8-14)17-19(25)21(27)18(13-5-9-15(30-2)10-6-13)20(26,16(24)11-23)22(17,21)28/h3-10,16-19,23-28H,11H2,1-2H3/t16-,17?,18?,19?,20+,21+,22+/m1/s1. The van der Waals surface area contributed by atoms with E-state index >= 15 is 0 Å². The van der Waals surface area contributed by atoms with Crippen molar-refractivity contribution in [2.24, 2.45) is 0 Å². The van der Waals surface area contributed by atoms with E-state index in [0.29, 0.717) is 22.6 Å². The molecule has 6 N–H and O–H groups in total. The topological polar surface area (TPSA) is 140 Å². The molecule has 4 rings (SSSR count). The first kappa shape index (κ1) is 21.0. The van der Waals surface area contributed by atoms with Crippen molar-refractivity contribution in [3.05, 3.63) is 59.7 Å². The Labute approximate surface area is 173 Å². The van der Waals surface area contributed by atoms with E-state index in [-0.39, 0.29) is 0 Å². The van der Waals surface area contributed by atoms with E-state index in [1.165, 1.54) is 14.2 Å². The van der Waals surface area contributed by atoms with E-state index in [0.717, 1.165) is 0 Å². The minimum absolute atomic E-state index is 0.380. The van der Waals surface area contributed by atoms with Gasteiger partial charge in [-0.05, 0) is 35.4 Å². The van der Waals surface area contributed by atoms with Gasteiger partial charge in [-0.3, -0.25) is 0 Å². The van der Waals surface area contributed by atoms with Crippen molar-refractivity contribution in [3.8, 4) is 11.5 Å². The molecule has 8 heteroatoms. The van der Waals surface area contributed by atoms with Crippen LogP contribution >= 0.6 is 0 Å². The number of methoxy groups -OCH3 is 2. The fourth-order valence-corrected chi connectivity index (χ4v) is 5.42. The van der Waals surface area contributed by atoms with Crippen molar-refractivity contribution >= 4 is 0 Å². The molecule has 0 saturated heterocycles. The normalized spacial score (nSPS) is 38.1. The van der Waals surface area contributed by atoms with Gasteiger partial charge in [0.15, 0.2) is 0 Å². The quantitative estimate of drug-likeness (QED) is 0.369. The number of aliphatic hydroxyl groups excluding tert-OH is 3. The van der Waals surface area contributed by atoms with Gasteiger partial charge in [-0.15, -0.1) is 0 Å². The summed E-state index contributed by atoms with van der Waals surface area (Å²) >= 11 is 0. The van der Waals surface area contributed by atoms with Gasteiger partial charge in [0.2, 0.25) is 0 Å². The van der Waals surface area contributed by atoms with Crippen LogP contribution in [0.5, 0.6) is 11.5 Å². The highest BCUT2D eigenvalue weighted by atomic mass is 16.5. The minimum Gasteiger partial charge on any atom is -0.497 e. The molecule has 0 aromatic heterocycles. The summed E-state index contributed by atoms with van der Waals surface area (Å²) in [4.78, 5) is 0. The Hall–Kier alpha value is -2.20. The van der Waals surface area contributed by atoms with Crippen molar-refractivity contribution in [2.45, 2.75) is 40.8 Å². The third-order valence-corrected chi connectivity index (χ3v) is 6.92. The first-order valence-corrected chi connectivity index (χ1v) is 9.63. The molecule has 0 spiro atoms. The summed E-state index contributed by atoms with van der Waals surface area (Å²) in [6.45, 7) is -0.840. The van der Waals surface area contributed by atoms with Gasteiger partial charge >= 0.3 is 0 Å². The Bertz CT molecular complexity index is 914. The molecule has 2 aliphatic rings. The van der Waals surface area contributed by atoms with Crippen LogP contribution in [-0.4, -0.2) is 80.5 Å². The lowest BCUT2D eigenvalue weighted by Gasteiger charge is -2.80. The largest absolute Gasteiger partial charge is 0.497 e. The Morgan fingerprint density at radius 3 is 1.77 bits per heavy atom. The number of aliphatic hydroxyl groups is 6. The summed E-state index contributed by atoms with van der Waals surface area (Å²) in [5, 5.41) is 65.3. The van der Waals surface area contributed by atoms with Crippen molar-refractivity contribution < 1.29 is 40.1 Å². The third kappa shape index (κ3) is 2.26. The number of rotatable bonds is 6. The molecule has 3 unspecified atom stereocenters. The van der Waals surface area contributed by atoms with Crippen LogP contribution in [0.25, 0.3) is 0 Å². The van der Waals surface area contributed by atoms with Crippen LogP contribution in [0.4, 0.5) is 0 Å². The summed E-state index contributed by atoms with van der Waals surface area (Å²) in [5.74, 6) is -1.23. The molecule has 30 heavy (non-hydrogen) atoms.